The molecule has 34 heavy (non-hydrogen) atoms. The van der Waals surface area contributed by atoms with Crippen molar-refractivity contribution in [2.75, 3.05) is 26.9 Å². The van der Waals surface area contributed by atoms with Gasteiger partial charge >= 0.3 is 11.9 Å². The fraction of sp³-hybridized carbons (Fsp3) is 0.357. The Bertz CT molecular complexity index is 975. The van der Waals surface area contributed by atoms with Gasteiger partial charge in [0, 0.05) is 17.2 Å². The summed E-state index contributed by atoms with van der Waals surface area (Å²) in [6, 6.07) is 13.6. The Hall–Kier alpha value is -3.54. The summed E-state index contributed by atoms with van der Waals surface area (Å²) in [4.78, 5) is 23.3. The first-order valence-electron chi connectivity index (χ1n) is 11.5. The predicted octanol–water partition coefficient (Wildman–Crippen LogP) is 6.00. The Morgan fingerprint density at radius 1 is 0.941 bits per heavy atom. The second-order valence-electron chi connectivity index (χ2n) is 7.75. The van der Waals surface area contributed by atoms with Gasteiger partial charge in [-0.25, -0.2) is 9.59 Å². The van der Waals surface area contributed by atoms with Crippen LogP contribution in [-0.2, 0) is 19.1 Å². The van der Waals surface area contributed by atoms with Crippen LogP contribution in [0.2, 0.25) is 0 Å². The van der Waals surface area contributed by atoms with E-state index in [9.17, 15) is 9.59 Å². The Labute approximate surface area is 202 Å². The summed E-state index contributed by atoms with van der Waals surface area (Å²) in [6.45, 7) is 8.38. The molecule has 0 saturated heterocycles. The molecule has 182 valence electrons. The van der Waals surface area contributed by atoms with Crippen LogP contribution in [0.15, 0.2) is 60.7 Å². The van der Waals surface area contributed by atoms with Crippen LogP contribution >= 0.6 is 0 Å². The first-order valence-corrected chi connectivity index (χ1v) is 11.5. The molecule has 0 fully saturated rings. The van der Waals surface area contributed by atoms with Crippen LogP contribution in [0.25, 0.3) is 17.2 Å². The fourth-order valence-electron chi connectivity index (χ4n) is 3.16. The molecule has 0 bridgehead atoms. The van der Waals surface area contributed by atoms with Crippen LogP contribution in [-0.4, -0.2) is 38.9 Å². The van der Waals surface area contributed by atoms with Crippen LogP contribution in [0.1, 0.15) is 45.1 Å². The second kappa shape index (κ2) is 14.6. The van der Waals surface area contributed by atoms with Crippen molar-refractivity contribution in [3.8, 4) is 22.6 Å². The highest BCUT2D eigenvalue weighted by Gasteiger charge is 2.08. The molecule has 0 radical (unpaired) electrons. The summed E-state index contributed by atoms with van der Waals surface area (Å²) in [7, 11) is 1.64. The molecule has 0 saturated carbocycles. The molecule has 0 aromatic heterocycles. The molecule has 6 heteroatoms. The van der Waals surface area contributed by atoms with Crippen molar-refractivity contribution in [2.24, 2.45) is 0 Å². The molecule has 0 spiro atoms. The third-order valence-electron chi connectivity index (χ3n) is 4.98. The fourth-order valence-corrected chi connectivity index (χ4v) is 3.16. The van der Waals surface area contributed by atoms with Gasteiger partial charge < -0.3 is 18.9 Å². The molecule has 0 N–H and O–H groups in total. The average Bonchev–Trinajstić information content (AvgIpc) is 2.84. The molecule has 2 aromatic carbocycles. The van der Waals surface area contributed by atoms with Crippen LogP contribution < -0.4 is 9.47 Å². The molecule has 0 aliphatic carbocycles. The highest BCUT2D eigenvalue weighted by molar-refractivity contribution is 5.87. The van der Waals surface area contributed by atoms with Crippen LogP contribution in [0.4, 0.5) is 0 Å². The number of benzene rings is 2. The zero-order valence-corrected chi connectivity index (χ0v) is 20.3. The van der Waals surface area contributed by atoms with Crippen molar-refractivity contribution in [1.82, 2.24) is 0 Å². The highest BCUT2D eigenvalue weighted by Crippen LogP contribution is 2.32. The van der Waals surface area contributed by atoms with E-state index in [1.807, 2.05) is 49.4 Å². The van der Waals surface area contributed by atoms with E-state index in [2.05, 4.69) is 6.58 Å². The van der Waals surface area contributed by atoms with E-state index in [0.29, 0.717) is 25.4 Å². The first kappa shape index (κ1) is 26.7. The smallest absolute Gasteiger partial charge is 0.333 e. The van der Waals surface area contributed by atoms with E-state index in [4.69, 9.17) is 18.9 Å². The van der Waals surface area contributed by atoms with Gasteiger partial charge in [0.25, 0.3) is 0 Å². The summed E-state index contributed by atoms with van der Waals surface area (Å²) in [6.07, 6.45) is 6.48. The minimum Gasteiger partial charge on any atom is -0.497 e. The number of ether oxygens (including phenoxy) is 4. The molecular weight excluding hydrogens is 432 g/mol. The molecule has 0 heterocycles. The van der Waals surface area contributed by atoms with Crippen molar-refractivity contribution in [2.45, 2.75) is 39.5 Å². The molecule has 0 aliphatic heterocycles. The maximum absolute atomic E-state index is 12.0. The number of carbonyl (C=O) groups is 2. The number of carbonyl (C=O) groups excluding carboxylic acids is 2. The maximum Gasteiger partial charge on any atom is 0.333 e. The minimum absolute atomic E-state index is 0.356. The van der Waals surface area contributed by atoms with Gasteiger partial charge in [-0.05, 0) is 74.9 Å². The number of esters is 2. The number of unbranched alkanes of at least 4 members (excludes halogenated alkanes) is 3. The summed E-state index contributed by atoms with van der Waals surface area (Å²) >= 11 is 0. The lowest BCUT2D eigenvalue weighted by Gasteiger charge is -2.12. The standard InChI is InChI=1S/C28H34O6/c1-5-32-26-20-22(10-16-25(26)23-12-14-24(31-4)15-13-23)11-17-27(29)33-18-8-6-7-9-19-34-28(30)21(2)3/h10-17,20H,2,5-9,18-19H2,1,3-4H3. The lowest BCUT2D eigenvalue weighted by Crippen LogP contribution is -2.06. The molecule has 2 rings (SSSR count). The largest absolute Gasteiger partial charge is 0.497 e. The Morgan fingerprint density at radius 3 is 2.24 bits per heavy atom. The first-order chi connectivity index (χ1) is 16.4. The molecule has 6 nitrogen and oxygen atoms in total. The van der Waals surface area contributed by atoms with Gasteiger partial charge in [-0.1, -0.05) is 30.8 Å². The quantitative estimate of drug-likeness (QED) is 0.193. The van der Waals surface area contributed by atoms with Crippen molar-refractivity contribution in [3.63, 3.8) is 0 Å². The van der Waals surface area contributed by atoms with E-state index in [0.717, 1.165) is 53.9 Å². The zero-order chi connectivity index (χ0) is 24.8. The summed E-state index contributed by atoms with van der Waals surface area (Å²) in [5.74, 6) is 0.804. The molecule has 0 aliphatic rings. The summed E-state index contributed by atoms with van der Waals surface area (Å²) in [5.41, 5.74) is 3.25. The normalized spacial score (nSPS) is 10.7. The molecular formula is C28H34O6. The van der Waals surface area contributed by atoms with Crippen molar-refractivity contribution >= 4 is 18.0 Å². The van der Waals surface area contributed by atoms with Crippen molar-refractivity contribution < 1.29 is 28.5 Å². The number of hydrogen-bond donors (Lipinski definition) is 0. The molecule has 0 atom stereocenters. The summed E-state index contributed by atoms with van der Waals surface area (Å²) in [5, 5.41) is 0. The summed E-state index contributed by atoms with van der Waals surface area (Å²) < 4.78 is 21.4. The number of hydrogen-bond acceptors (Lipinski definition) is 6. The maximum atomic E-state index is 12.0. The lowest BCUT2D eigenvalue weighted by atomic mass is 10.0. The molecule has 0 unspecified atom stereocenters. The topological polar surface area (TPSA) is 71.1 Å². The Balaban J connectivity index is 1.79. The molecule has 0 amide bonds. The van der Waals surface area contributed by atoms with Crippen molar-refractivity contribution in [1.29, 1.82) is 0 Å². The van der Waals surface area contributed by atoms with Gasteiger partial charge in [0.05, 0.1) is 26.9 Å². The third-order valence-corrected chi connectivity index (χ3v) is 4.98. The molecule has 2 aromatic rings. The van der Waals surface area contributed by atoms with Crippen LogP contribution in [0.3, 0.4) is 0 Å². The monoisotopic (exact) mass is 466 g/mol. The van der Waals surface area contributed by atoms with Crippen LogP contribution in [0, 0.1) is 0 Å². The van der Waals surface area contributed by atoms with Gasteiger partial charge in [0.1, 0.15) is 11.5 Å². The van der Waals surface area contributed by atoms with Crippen LogP contribution in [0.5, 0.6) is 11.5 Å². The van der Waals surface area contributed by atoms with E-state index in [1.165, 1.54) is 6.08 Å². The van der Waals surface area contributed by atoms with E-state index < -0.39 is 0 Å². The van der Waals surface area contributed by atoms with E-state index in [1.54, 1.807) is 20.1 Å². The minimum atomic E-state index is -0.382. The highest BCUT2D eigenvalue weighted by atomic mass is 16.5. The Kier molecular flexibility index (Phi) is 11.5. The van der Waals surface area contributed by atoms with Gasteiger partial charge in [0.2, 0.25) is 0 Å². The number of methoxy groups -OCH3 is 1. The lowest BCUT2D eigenvalue weighted by molar-refractivity contribution is -0.139. The zero-order valence-electron chi connectivity index (χ0n) is 20.3. The predicted molar refractivity (Wildman–Crippen MR) is 134 cm³/mol. The number of rotatable bonds is 14. The van der Waals surface area contributed by atoms with Crippen molar-refractivity contribution in [3.05, 3.63) is 66.3 Å². The van der Waals surface area contributed by atoms with Gasteiger partial charge in [-0.2, -0.15) is 0 Å². The Morgan fingerprint density at radius 2 is 1.62 bits per heavy atom. The van der Waals surface area contributed by atoms with Gasteiger partial charge in [-0.3, -0.25) is 0 Å². The third kappa shape index (κ3) is 9.14. The van der Waals surface area contributed by atoms with Gasteiger partial charge in [-0.15, -0.1) is 0 Å². The average molecular weight is 467 g/mol. The van der Waals surface area contributed by atoms with E-state index in [-0.39, 0.29) is 11.9 Å². The second-order valence-corrected chi connectivity index (χ2v) is 7.75. The SMILES string of the molecule is C=C(C)C(=O)OCCCCCCOC(=O)C=Cc1ccc(-c2ccc(OC)cc2)c(OCC)c1. The van der Waals surface area contributed by atoms with E-state index >= 15 is 0 Å². The van der Waals surface area contributed by atoms with Gasteiger partial charge in [0.15, 0.2) is 0 Å².